The molecule has 0 radical (unpaired) electrons. The maximum Gasteiger partial charge on any atom is 0.269 e. The average molecular weight is 264 g/mol. The second-order valence-electron chi connectivity index (χ2n) is 5.03. The third-order valence-corrected chi connectivity index (χ3v) is 3.48. The van der Waals surface area contributed by atoms with E-state index in [9.17, 15) is 10.1 Å². The van der Waals surface area contributed by atoms with Gasteiger partial charge in [0.05, 0.1) is 11.0 Å². The average Bonchev–Trinajstić information content (AvgIpc) is 2.39. The van der Waals surface area contributed by atoms with E-state index in [1.54, 1.807) is 12.1 Å². The molecule has 0 amide bonds. The summed E-state index contributed by atoms with van der Waals surface area (Å²) in [4.78, 5) is 10.2. The van der Waals surface area contributed by atoms with Gasteiger partial charge in [-0.2, -0.15) is 0 Å². The van der Waals surface area contributed by atoms with Crippen molar-refractivity contribution in [2.24, 2.45) is 0 Å². The van der Waals surface area contributed by atoms with E-state index in [1.807, 2.05) is 12.1 Å². The molecule has 1 fully saturated rings. The molecule has 1 aliphatic heterocycles. The molecule has 0 aromatic heterocycles. The van der Waals surface area contributed by atoms with Crippen molar-refractivity contribution in [3.8, 4) is 0 Å². The minimum atomic E-state index is -0.370. The van der Waals surface area contributed by atoms with Crippen molar-refractivity contribution in [1.29, 1.82) is 0 Å². The Morgan fingerprint density at radius 3 is 2.79 bits per heavy atom. The highest BCUT2D eigenvalue weighted by Gasteiger charge is 2.18. The third-order valence-electron chi connectivity index (χ3n) is 3.48. The molecular weight excluding hydrogens is 244 g/mol. The van der Waals surface area contributed by atoms with Crippen LogP contribution in [0.2, 0.25) is 0 Å². The first-order valence-electron chi connectivity index (χ1n) is 6.73. The number of ether oxygens (including phenoxy) is 1. The van der Waals surface area contributed by atoms with Crippen LogP contribution in [-0.2, 0) is 11.2 Å². The SMILES string of the molecule is CC1CC(NCCc2ccc([N+](=O)[O-])cc2)CCO1. The monoisotopic (exact) mass is 264 g/mol. The molecule has 0 aliphatic carbocycles. The van der Waals surface area contributed by atoms with Gasteiger partial charge in [0.2, 0.25) is 0 Å². The van der Waals surface area contributed by atoms with Gasteiger partial charge in [0.1, 0.15) is 0 Å². The molecule has 1 saturated heterocycles. The molecule has 5 heteroatoms. The van der Waals surface area contributed by atoms with Crippen LogP contribution in [0.15, 0.2) is 24.3 Å². The quantitative estimate of drug-likeness (QED) is 0.654. The van der Waals surface area contributed by atoms with Crippen molar-refractivity contribution in [3.63, 3.8) is 0 Å². The fourth-order valence-electron chi connectivity index (χ4n) is 2.39. The number of hydrogen-bond donors (Lipinski definition) is 1. The lowest BCUT2D eigenvalue weighted by molar-refractivity contribution is -0.384. The maximum absolute atomic E-state index is 10.5. The second-order valence-corrected chi connectivity index (χ2v) is 5.03. The van der Waals surface area contributed by atoms with Gasteiger partial charge in [-0.1, -0.05) is 12.1 Å². The lowest BCUT2D eigenvalue weighted by Gasteiger charge is -2.28. The van der Waals surface area contributed by atoms with Gasteiger partial charge < -0.3 is 10.1 Å². The van der Waals surface area contributed by atoms with Crippen LogP contribution in [0, 0.1) is 10.1 Å². The maximum atomic E-state index is 10.5. The fourth-order valence-corrected chi connectivity index (χ4v) is 2.39. The topological polar surface area (TPSA) is 64.4 Å². The number of nitrogens with one attached hydrogen (secondary N) is 1. The van der Waals surface area contributed by atoms with Gasteiger partial charge in [-0.3, -0.25) is 10.1 Å². The van der Waals surface area contributed by atoms with E-state index < -0.39 is 0 Å². The molecule has 1 N–H and O–H groups in total. The first-order valence-corrected chi connectivity index (χ1v) is 6.73. The smallest absolute Gasteiger partial charge is 0.269 e. The molecule has 0 spiro atoms. The van der Waals surface area contributed by atoms with Crippen molar-refractivity contribution < 1.29 is 9.66 Å². The Morgan fingerprint density at radius 1 is 1.42 bits per heavy atom. The van der Waals surface area contributed by atoms with Crippen molar-refractivity contribution in [3.05, 3.63) is 39.9 Å². The number of hydrogen-bond acceptors (Lipinski definition) is 4. The fraction of sp³-hybridized carbons (Fsp3) is 0.571. The zero-order valence-electron chi connectivity index (χ0n) is 11.2. The van der Waals surface area contributed by atoms with E-state index >= 15 is 0 Å². The summed E-state index contributed by atoms with van der Waals surface area (Å²) in [5, 5.41) is 14.1. The summed E-state index contributed by atoms with van der Waals surface area (Å²) >= 11 is 0. The summed E-state index contributed by atoms with van der Waals surface area (Å²) in [6.07, 6.45) is 3.35. The van der Waals surface area contributed by atoms with Gasteiger partial charge in [0.25, 0.3) is 5.69 Å². The molecule has 0 saturated carbocycles. The predicted molar refractivity (Wildman–Crippen MR) is 73.2 cm³/mol. The summed E-state index contributed by atoms with van der Waals surface area (Å²) in [5.74, 6) is 0. The molecule has 19 heavy (non-hydrogen) atoms. The van der Waals surface area contributed by atoms with Gasteiger partial charge in [-0.05, 0) is 38.3 Å². The van der Waals surface area contributed by atoms with Gasteiger partial charge in [-0.25, -0.2) is 0 Å². The van der Waals surface area contributed by atoms with Gasteiger partial charge in [0.15, 0.2) is 0 Å². The molecule has 5 nitrogen and oxygen atoms in total. The number of nitro benzene ring substituents is 1. The molecule has 1 aliphatic rings. The van der Waals surface area contributed by atoms with Gasteiger partial charge in [0, 0.05) is 24.8 Å². The Morgan fingerprint density at radius 2 is 2.16 bits per heavy atom. The van der Waals surface area contributed by atoms with E-state index in [4.69, 9.17) is 4.74 Å². The zero-order valence-corrected chi connectivity index (χ0v) is 11.2. The number of nitro groups is 1. The van der Waals surface area contributed by atoms with E-state index in [2.05, 4.69) is 12.2 Å². The van der Waals surface area contributed by atoms with Crippen LogP contribution in [0.3, 0.4) is 0 Å². The molecule has 1 aromatic rings. The van der Waals surface area contributed by atoms with Crippen LogP contribution in [0.25, 0.3) is 0 Å². The van der Waals surface area contributed by atoms with Crippen molar-refractivity contribution in [1.82, 2.24) is 5.32 Å². The van der Waals surface area contributed by atoms with Crippen LogP contribution in [0.1, 0.15) is 25.3 Å². The number of nitrogens with zero attached hydrogens (tertiary/aromatic N) is 1. The highest BCUT2D eigenvalue weighted by molar-refractivity contribution is 5.32. The Labute approximate surface area is 113 Å². The Balaban J connectivity index is 1.74. The van der Waals surface area contributed by atoms with Crippen molar-refractivity contribution >= 4 is 5.69 Å². The minimum Gasteiger partial charge on any atom is -0.378 e. The molecule has 2 unspecified atom stereocenters. The molecule has 1 heterocycles. The van der Waals surface area contributed by atoms with Crippen LogP contribution < -0.4 is 5.32 Å². The van der Waals surface area contributed by atoms with E-state index in [0.29, 0.717) is 12.1 Å². The molecular formula is C14H20N2O3. The lowest BCUT2D eigenvalue weighted by atomic mass is 10.0. The van der Waals surface area contributed by atoms with Crippen LogP contribution >= 0.6 is 0 Å². The second kappa shape index (κ2) is 6.63. The Hall–Kier alpha value is -1.46. The molecule has 1 aromatic carbocycles. The Bertz CT molecular complexity index is 419. The summed E-state index contributed by atoms with van der Waals surface area (Å²) < 4.78 is 5.50. The largest absolute Gasteiger partial charge is 0.378 e. The lowest BCUT2D eigenvalue weighted by Crippen LogP contribution is -2.38. The summed E-state index contributed by atoms with van der Waals surface area (Å²) in [6, 6.07) is 7.30. The van der Waals surface area contributed by atoms with Crippen LogP contribution in [-0.4, -0.2) is 30.2 Å². The zero-order chi connectivity index (χ0) is 13.7. The highest BCUT2D eigenvalue weighted by Crippen LogP contribution is 2.14. The summed E-state index contributed by atoms with van der Waals surface area (Å²) in [6.45, 7) is 3.83. The molecule has 0 bridgehead atoms. The summed E-state index contributed by atoms with van der Waals surface area (Å²) in [5.41, 5.74) is 1.27. The molecule has 104 valence electrons. The number of benzene rings is 1. The summed E-state index contributed by atoms with van der Waals surface area (Å²) in [7, 11) is 0. The molecule has 2 atom stereocenters. The highest BCUT2D eigenvalue weighted by atomic mass is 16.6. The predicted octanol–water partition coefficient (Wildman–Crippen LogP) is 2.29. The van der Waals surface area contributed by atoms with Crippen molar-refractivity contribution in [2.45, 2.75) is 38.3 Å². The van der Waals surface area contributed by atoms with Gasteiger partial charge in [-0.15, -0.1) is 0 Å². The normalized spacial score (nSPS) is 23.2. The first kappa shape index (κ1) is 14.0. The van der Waals surface area contributed by atoms with E-state index in [-0.39, 0.29) is 10.6 Å². The first-order chi connectivity index (χ1) is 9.15. The van der Waals surface area contributed by atoms with Gasteiger partial charge >= 0.3 is 0 Å². The Kier molecular flexibility index (Phi) is 4.87. The number of rotatable bonds is 5. The van der Waals surface area contributed by atoms with Crippen LogP contribution in [0.5, 0.6) is 0 Å². The molecule has 2 rings (SSSR count). The standard InChI is InChI=1S/C14H20N2O3/c1-11-10-13(7-9-19-11)15-8-6-12-2-4-14(5-3-12)16(17)18/h2-5,11,13,15H,6-10H2,1H3. The van der Waals surface area contributed by atoms with Crippen molar-refractivity contribution in [2.75, 3.05) is 13.2 Å². The number of non-ortho nitro benzene ring substituents is 1. The van der Waals surface area contributed by atoms with E-state index in [1.165, 1.54) is 0 Å². The third kappa shape index (κ3) is 4.29. The van der Waals surface area contributed by atoms with E-state index in [0.717, 1.165) is 38.0 Å². The minimum absolute atomic E-state index is 0.148. The van der Waals surface area contributed by atoms with Crippen LogP contribution in [0.4, 0.5) is 5.69 Å².